The predicted octanol–water partition coefficient (Wildman–Crippen LogP) is 15.0. The number of allylic oxidation sites excluding steroid dienone is 2. The number of hydrogen-bond donors (Lipinski definition) is 3. The molecule has 3 unspecified atom stereocenters. The Morgan fingerprint density at radius 1 is 0.491 bits per heavy atom. The summed E-state index contributed by atoms with van der Waals surface area (Å²) in [6.45, 7) is 6.48. The van der Waals surface area contributed by atoms with Crippen LogP contribution in [0.15, 0.2) is 12.2 Å². The molecule has 0 aromatic heterocycles. The molecule has 0 radical (unpaired) electrons. The first-order chi connectivity index (χ1) is 28.0. The Morgan fingerprint density at radius 3 is 1.28 bits per heavy atom. The molecule has 338 valence electrons. The highest BCUT2D eigenvalue weighted by Gasteiger charge is 2.24. The van der Waals surface area contributed by atoms with Gasteiger partial charge in [0.25, 0.3) is 0 Å². The van der Waals surface area contributed by atoms with Crippen LogP contribution in [0.2, 0.25) is 0 Å². The van der Waals surface area contributed by atoms with Gasteiger partial charge in [-0.05, 0) is 44.9 Å². The summed E-state index contributed by atoms with van der Waals surface area (Å²) in [6, 6.07) is -0.702. The van der Waals surface area contributed by atoms with Crippen LogP contribution in [0.4, 0.5) is 0 Å². The van der Waals surface area contributed by atoms with Gasteiger partial charge in [-0.1, -0.05) is 232 Å². The van der Waals surface area contributed by atoms with E-state index in [0.29, 0.717) is 19.3 Å². The molecule has 0 heterocycles. The maximum absolute atomic E-state index is 13.2. The molecular formula is C51H99NO5. The molecule has 6 heteroatoms. The normalized spacial score (nSPS) is 13.3. The van der Waals surface area contributed by atoms with Crippen molar-refractivity contribution in [3.05, 3.63) is 12.2 Å². The number of rotatable bonds is 46. The molecule has 0 spiro atoms. The standard InChI is InChI=1S/C51H99NO5/c1-4-7-10-13-16-19-22-25-28-31-34-37-40-43-49(54)48(46-53)52-50(55)45-47(42-39-36-33-30-27-24-21-18-15-12-9-6-3)57-51(56)44-41-38-35-32-29-26-23-20-17-14-11-8-5-2/h30,33,47-49,53-54H,4-29,31-32,34-46H2,1-3H3,(H,52,55)/b33-30-. The molecule has 0 saturated heterocycles. The van der Waals surface area contributed by atoms with Crippen molar-refractivity contribution in [3.8, 4) is 0 Å². The van der Waals surface area contributed by atoms with Crippen LogP contribution in [0.3, 0.4) is 0 Å². The second kappa shape index (κ2) is 45.7. The number of amides is 1. The van der Waals surface area contributed by atoms with Crippen LogP contribution in [0.1, 0.15) is 278 Å². The summed E-state index contributed by atoms with van der Waals surface area (Å²) < 4.78 is 5.91. The number of ether oxygens (including phenoxy) is 1. The number of aliphatic hydroxyl groups is 2. The van der Waals surface area contributed by atoms with Gasteiger partial charge < -0.3 is 20.3 Å². The van der Waals surface area contributed by atoms with Crippen LogP contribution in [0.5, 0.6) is 0 Å². The van der Waals surface area contributed by atoms with Crippen molar-refractivity contribution in [1.29, 1.82) is 0 Å². The summed E-state index contributed by atoms with van der Waals surface area (Å²) in [6.07, 6.45) is 49.9. The maximum Gasteiger partial charge on any atom is 0.306 e. The Bertz CT molecular complexity index is 863. The highest BCUT2D eigenvalue weighted by atomic mass is 16.5. The molecule has 0 fully saturated rings. The summed E-state index contributed by atoms with van der Waals surface area (Å²) >= 11 is 0. The number of nitrogens with one attached hydrogen (secondary N) is 1. The van der Waals surface area contributed by atoms with Crippen molar-refractivity contribution >= 4 is 11.9 Å². The molecule has 0 rings (SSSR count). The van der Waals surface area contributed by atoms with Crippen molar-refractivity contribution in [2.24, 2.45) is 0 Å². The number of carbonyl (C=O) groups is 2. The van der Waals surface area contributed by atoms with E-state index < -0.39 is 18.2 Å². The third-order valence-corrected chi connectivity index (χ3v) is 11.8. The summed E-state index contributed by atoms with van der Waals surface area (Å²) in [7, 11) is 0. The largest absolute Gasteiger partial charge is 0.462 e. The van der Waals surface area contributed by atoms with Crippen LogP contribution >= 0.6 is 0 Å². The molecule has 0 aliphatic carbocycles. The van der Waals surface area contributed by atoms with Gasteiger partial charge in [0.1, 0.15) is 6.10 Å². The maximum atomic E-state index is 13.2. The van der Waals surface area contributed by atoms with E-state index in [4.69, 9.17) is 4.74 Å². The molecule has 3 atom stereocenters. The minimum absolute atomic E-state index is 0.0635. The molecule has 0 bridgehead atoms. The average Bonchev–Trinajstić information content (AvgIpc) is 3.20. The van der Waals surface area contributed by atoms with Gasteiger partial charge in [-0.2, -0.15) is 0 Å². The fourth-order valence-electron chi connectivity index (χ4n) is 7.96. The van der Waals surface area contributed by atoms with Gasteiger partial charge in [-0.25, -0.2) is 0 Å². The fourth-order valence-corrected chi connectivity index (χ4v) is 7.96. The predicted molar refractivity (Wildman–Crippen MR) is 246 cm³/mol. The van der Waals surface area contributed by atoms with Gasteiger partial charge in [0.05, 0.1) is 25.2 Å². The smallest absolute Gasteiger partial charge is 0.306 e. The molecule has 0 aromatic carbocycles. The molecule has 6 nitrogen and oxygen atoms in total. The Labute approximate surface area is 355 Å². The van der Waals surface area contributed by atoms with E-state index in [-0.39, 0.29) is 24.9 Å². The minimum Gasteiger partial charge on any atom is -0.462 e. The zero-order valence-corrected chi connectivity index (χ0v) is 38.5. The molecule has 1 amide bonds. The van der Waals surface area contributed by atoms with Crippen LogP contribution in [-0.4, -0.2) is 46.9 Å². The van der Waals surface area contributed by atoms with Crippen LogP contribution in [0.25, 0.3) is 0 Å². The first-order valence-corrected chi connectivity index (χ1v) is 25.4. The summed E-state index contributed by atoms with van der Waals surface area (Å²) in [5.74, 6) is -0.488. The van der Waals surface area contributed by atoms with E-state index in [0.717, 1.165) is 51.4 Å². The van der Waals surface area contributed by atoms with Gasteiger partial charge in [0, 0.05) is 6.42 Å². The molecule has 0 aromatic rings. The number of esters is 1. The van der Waals surface area contributed by atoms with Gasteiger partial charge >= 0.3 is 5.97 Å². The lowest BCUT2D eigenvalue weighted by Crippen LogP contribution is -2.46. The quantitative estimate of drug-likeness (QED) is 0.0323. The van der Waals surface area contributed by atoms with Gasteiger partial charge in [0.2, 0.25) is 5.91 Å². The third kappa shape index (κ3) is 41.1. The lowest BCUT2D eigenvalue weighted by Gasteiger charge is -2.24. The molecule has 57 heavy (non-hydrogen) atoms. The topological polar surface area (TPSA) is 95.9 Å². The average molecular weight is 806 g/mol. The zero-order valence-electron chi connectivity index (χ0n) is 38.5. The highest BCUT2D eigenvalue weighted by Crippen LogP contribution is 2.18. The molecule has 0 aliphatic rings. The monoisotopic (exact) mass is 806 g/mol. The van der Waals surface area contributed by atoms with Gasteiger partial charge in [0.15, 0.2) is 0 Å². The minimum atomic E-state index is -0.787. The third-order valence-electron chi connectivity index (χ3n) is 11.8. The molecule has 3 N–H and O–H groups in total. The summed E-state index contributed by atoms with van der Waals surface area (Å²) in [4.78, 5) is 26.1. The molecular weight excluding hydrogens is 707 g/mol. The van der Waals surface area contributed by atoms with Crippen LogP contribution in [0, 0.1) is 0 Å². The van der Waals surface area contributed by atoms with Crippen LogP contribution < -0.4 is 5.32 Å². The van der Waals surface area contributed by atoms with Crippen molar-refractivity contribution in [3.63, 3.8) is 0 Å². The van der Waals surface area contributed by atoms with Crippen LogP contribution in [-0.2, 0) is 14.3 Å². The first-order valence-electron chi connectivity index (χ1n) is 25.4. The Balaban J connectivity index is 4.55. The van der Waals surface area contributed by atoms with E-state index in [9.17, 15) is 19.8 Å². The van der Waals surface area contributed by atoms with E-state index >= 15 is 0 Å². The Hall–Kier alpha value is -1.40. The van der Waals surface area contributed by atoms with E-state index in [1.807, 2.05) is 0 Å². The first kappa shape index (κ1) is 55.6. The lowest BCUT2D eigenvalue weighted by atomic mass is 10.0. The second-order valence-electron chi connectivity index (χ2n) is 17.6. The molecule has 0 aliphatic heterocycles. The zero-order chi connectivity index (χ0) is 41.7. The number of carbonyl (C=O) groups excluding carboxylic acids is 2. The summed E-state index contributed by atoms with van der Waals surface area (Å²) in [5, 5.41) is 23.7. The molecule has 0 saturated carbocycles. The van der Waals surface area contributed by atoms with E-state index in [1.54, 1.807) is 0 Å². The number of aliphatic hydroxyl groups excluding tert-OH is 2. The van der Waals surface area contributed by atoms with Gasteiger partial charge in [-0.3, -0.25) is 9.59 Å². The van der Waals surface area contributed by atoms with Crippen molar-refractivity contribution < 1.29 is 24.5 Å². The van der Waals surface area contributed by atoms with E-state index in [2.05, 4.69) is 38.2 Å². The van der Waals surface area contributed by atoms with Gasteiger partial charge in [-0.15, -0.1) is 0 Å². The SMILES string of the molecule is CCCCCCCCC/C=C\CCCC(CC(=O)NC(CO)C(O)CCCCCCCCCCCCCCC)OC(=O)CCCCCCCCCCCCCCC. The van der Waals surface area contributed by atoms with Crippen molar-refractivity contribution in [2.75, 3.05) is 6.61 Å². The van der Waals surface area contributed by atoms with Crippen molar-refractivity contribution in [1.82, 2.24) is 5.32 Å². The second-order valence-corrected chi connectivity index (χ2v) is 17.6. The Morgan fingerprint density at radius 2 is 0.860 bits per heavy atom. The van der Waals surface area contributed by atoms with E-state index in [1.165, 1.54) is 180 Å². The number of unbranched alkanes of at least 4 members (excludes halogenated alkanes) is 32. The van der Waals surface area contributed by atoms with Crippen molar-refractivity contribution in [2.45, 2.75) is 296 Å². The number of hydrogen-bond acceptors (Lipinski definition) is 5. The summed E-state index contributed by atoms with van der Waals surface area (Å²) in [5.41, 5.74) is 0. The lowest BCUT2D eigenvalue weighted by molar-refractivity contribution is -0.151. The highest BCUT2D eigenvalue weighted by molar-refractivity contribution is 5.77. The Kier molecular flexibility index (Phi) is 44.6. The fraction of sp³-hybridized carbons (Fsp3) is 0.922.